The van der Waals surface area contributed by atoms with Crippen molar-refractivity contribution in [3.8, 4) is 0 Å². The number of nitrogens with zero attached hydrogens (tertiary/aromatic N) is 2. The number of hydrogen-bond donors (Lipinski definition) is 1. The highest BCUT2D eigenvalue weighted by molar-refractivity contribution is 6.35. The molecule has 0 aliphatic carbocycles. The van der Waals surface area contributed by atoms with E-state index >= 15 is 0 Å². The lowest BCUT2D eigenvalue weighted by molar-refractivity contribution is 0.0824. The normalized spacial score (nSPS) is 14.8. The first-order valence-corrected chi connectivity index (χ1v) is 6.19. The first kappa shape index (κ1) is 11.9. The van der Waals surface area contributed by atoms with E-state index in [1.165, 1.54) is 6.07 Å². The number of halogens is 1. The van der Waals surface area contributed by atoms with E-state index in [1.807, 2.05) is 18.2 Å². The van der Waals surface area contributed by atoms with Gasteiger partial charge in [0.1, 0.15) is 5.69 Å². The zero-order valence-electron chi connectivity index (χ0n) is 9.89. The molecule has 96 valence electrons. The van der Waals surface area contributed by atoms with Crippen LogP contribution in [0.1, 0.15) is 10.5 Å². The number of amides is 3. The summed E-state index contributed by atoms with van der Waals surface area (Å²) >= 11 is 6.14. The number of hydrogen-bond acceptors (Lipinski definition) is 3. The van der Waals surface area contributed by atoms with Crippen LogP contribution in [0.15, 0.2) is 30.3 Å². The number of carbonyl (C=O) groups excluding carboxylic acids is 2. The second-order valence-corrected chi connectivity index (χ2v) is 4.60. The van der Waals surface area contributed by atoms with Crippen LogP contribution in [0.25, 0.3) is 10.9 Å². The van der Waals surface area contributed by atoms with Gasteiger partial charge in [-0.1, -0.05) is 29.8 Å². The summed E-state index contributed by atoms with van der Waals surface area (Å²) in [6.07, 6.45) is 0. The molecule has 3 rings (SSSR count). The highest BCUT2D eigenvalue weighted by Crippen LogP contribution is 2.23. The van der Waals surface area contributed by atoms with Crippen LogP contribution in [0.2, 0.25) is 5.02 Å². The molecule has 1 saturated heterocycles. The van der Waals surface area contributed by atoms with Crippen LogP contribution in [0.4, 0.5) is 4.79 Å². The Hall–Kier alpha value is -2.14. The average molecular weight is 276 g/mol. The fraction of sp³-hybridized carbons (Fsp3) is 0.154. The van der Waals surface area contributed by atoms with E-state index in [0.717, 1.165) is 10.3 Å². The molecule has 1 aliphatic rings. The van der Waals surface area contributed by atoms with Crippen molar-refractivity contribution >= 4 is 34.4 Å². The van der Waals surface area contributed by atoms with Gasteiger partial charge in [0.05, 0.1) is 10.5 Å². The molecule has 0 atom stereocenters. The smallest absolute Gasteiger partial charge is 0.324 e. The number of benzene rings is 1. The fourth-order valence-electron chi connectivity index (χ4n) is 2.05. The molecule has 0 radical (unpaired) electrons. The van der Waals surface area contributed by atoms with Crippen LogP contribution in [0.5, 0.6) is 0 Å². The van der Waals surface area contributed by atoms with Gasteiger partial charge >= 0.3 is 6.03 Å². The van der Waals surface area contributed by atoms with Gasteiger partial charge in [0, 0.05) is 18.5 Å². The molecule has 1 aliphatic heterocycles. The van der Waals surface area contributed by atoms with Crippen molar-refractivity contribution in [3.05, 3.63) is 41.0 Å². The highest BCUT2D eigenvalue weighted by Gasteiger charge is 2.28. The molecule has 1 aromatic carbocycles. The summed E-state index contributed by atoms with van der Waals surface area (Å²) in [5.74, 6) is -0.428. The standard InChI is InChI=1S/C13H10ClN3O2/c14-9-7-11(12(18)17-6-5-15-13(17)19)16-10-4-2-1-3-8(9)10/h1-4,7H,5-6H2,(H,15,19). The summed E-state index contributed by atoms with van der Waals surface area (Å²) < 4.78 is 0. The molecule has 1 fully saturated rings. The number of nitrogens with one attached hydrogen (secondary N) is 1. The molecule has 6 heteroatoms. The Kier molecular flexibility index (Phi) is 2.83. The van der Waals surface area contributed by atoms with E-state index in [0.29, 0.717) is 23.6 Å². The summed E-state index contributed by atoms with van der Waals surface area (Å²) in [5, 5.41) is 3.81. The van der Waals surface area contributed by atoms with E-state index in [1.54, 1.807) is 6.07 Å². The molecule has 1 aromatic heterocycles. The van der Waals surface area contributed by atoms with Crippen molar-refractivity contribution in [1.82, 2.24) is 15.2 Å². The molecule has 0 saturated carbocycles. The number of aromatic nitrogens is 1. The minimum Gasteiger partial charge on any atom is -0.336 e. The molecule has 19 heavy (non-hydrogen) atoms. The molecule has 2 heterocycles. The fourth-order valence-corrected chi connectivity index (χ4v) is 2.31. The Morgan fingerprint density at radius 3 is 2.89 bits per heavy atom. The molecule has 2 aromatic rings. The van der Waals surface area contributed by atoms with Gasteiger partial charge in [0.15, 0.2) is 0 Å². The first-order chi connectivity index (χ1) is 9.16. The van der Waals surface area contributed by atoms with E-state index in [-0.39, 0.29) is 5.69 Å². The zero-order valence-corrected chi connectivity index (χ0v) is 10.6. The number of para-hydroxylation sites is 1. The lowest BCUT2D eigenvalue weighted by Gasteiger charge is -2.12. The topological polar surface area (TPSA) is 62.3 Å². The molecule has 1 N–H and O–H groups in total. The minimum atomic E-state index is -0.428. The van der Waals surface area contributed by atoms with Crippen LogP contribution in [0.3, 0.4) is 0 Å². The third-order valence-corrected chi connectivity index (χ3v) is 3.30. The second kappa shape index (κ2) is 4.51. The lowest BCUT2D eigenvalue weighted by Crippen LogP contribution is -2.34. The van der Waals surface area contributed by atoms with Crippen molar-refractivity contribution in [2.75, 3.05) is 13.1 Å². The Morgan fingerprint density at radius 1 is 1.37 bits per heavy atom. The van der Waals surface area contributed by atoms with Crippen molar-refractivity contribution in [3.63, 3.8) is 0 Å². The van der Waals surface area contributed by atoms with Gasteiger partial charge in [-0.3, -0.25) is 9.69 Å². The van der Waals surface area contributed by atoms with Gasteiger partial charge in [-0.2, -0.15) is 0 Å². The molecule has 0 unspecified atom stereocenters. The number of urea groups is 1. The largest absolute Gasteiger partial charge is 0.336 e. The summed E-state index contributed by atoms with van der Waals surface area (Å²) in [4.78, 5) is 29.1. The maximum Gasteiger partial charge on any atom is 0.324 e. The quantitative estimate of drug-likeness (QED) is 0.866. The summed E-state index contributed by atoms with van der Waals surface area (Å²) in [5.41, 5.74) is 0.818. The van der Waals surface area contributed by atoms with E-state index in [4.69, 9.17) is 11.6 Å². The SMILES string of the molecule is O=C1NCCN1C(=O)c1cc(Cl)c2ccccc2n1. The third-order valence-electron chi connectivity index (χ3n) is 2.99. The van der Waals surface area contributed by atoms with Crippen molar-refractivity contribution < 1.29 is 9.59 Å². The minimum absolute atomic E-state index is 0.181. The Morgan fingerprint density at radius 2 is 2.16 bits per heavy atom. The van der Waals surface area contributed by atoms with Gasteiger partial charge in [-0.25, -0.2) is 9.78 Å². The molecule has 0 bridgehead atoms. The van der Waals surface area contributed by atoms with Gasteiger partial charge in [-0.15, -0.1) is 0 Å². The Bertz CT molecular complexity index is 687. The van der Waals surface area contributed by atoms with Crippen LogP contribution in [-0.2, 0) is 0 Å². The Labute approximate surface area is 114 Å². The van der Waals surface area contributed by atoms with Gasteiger partial charge in [0.25, 0.3) is 5.91 Å². The number of imide groups is 1. The van der Waals surface area contributed by atoms with E-state index in [2.05, 4.69) is 10.3 Å². The van der Waals surface area contributed by atoms with E-state index in [9.17, 15) is 9.59 Å². The molecule has 5 nitrogen and oxygen atoms in total. The first-order valence-electron chi connectivity index (χ1n) is 5.82. The predicted molar refractivity (Wildman–Crippen MR) is 71.2 cm³/mol. The maximum atomic E-state index is 12.2. The molecular weight excluding hydrogens is 266 g/mol. The average Bonchev–Trinajstić information content (AvgIpc) is 2.84. The van der Waals surface area contributed by atoms with E-state index < -0.39 is 11.9 Å². The monoisotopic (exact) mass is 275 g/mol. The number of fused-ring (bicyclic) bond motifs is 1. The van der Waals surface area contributed by atoms with Crippen molar-refractivity contribution in [2.45, 2.75) is 0 Å². The summed E-state index contributed by atoms with van der Waals surface area (Å²) in [6.45, 7) is 0.815. The number of carbonyl (C=O) groups is 2. The van der Waals surface area contributed by atoms with Crippen molar-refractivity contribution in [2.24, 2.45) is 0 Å². The zero-order chi connectivity index (χ0) is 13.4. The third kappa shape index (κ3) is 2.02. The molecular formula is C13H10ClN3O2. The summed E-state index contributed by atoms with van der Waals surface area (Å²) in [7, 11) is 0. The van der Waals surface area contributed by atoms with Gasteiger partial charge in [0.2, 0.25) is 0 Å². The lowest BCUT2D eigenvalue weighted by atomic mass is 10.2. The van der Waals surface area contributed by atoms with Gasteiger partial charge < -0.3 is 5.32 Å². The highest BCUT2D eigenvalue weighted by atomic mass is 35.5. The van der Waals surface area contributed by atoms with Crippen molar-refractivity contribution in [1.29, 1.82) is 0 Å². The van der Waals surface area contributed by atoms with Crippen LogP contribution < -0.4 is 5.32 Å². The summed E-state index contributed by atoms with van der Waals surface area (Å²) in [6, 6.07) is 8.39. The van der Waals surface area contributed by atoms with Crippen LogP contribution in [0, 0.1) is 0 Å². The Balaban J connectivity index is 2.05. The van der Waals surface area contributed by atoms with Gasteiger partial charge in [-0.05, 0) is 12.1 Å². The number of rotatable bonds is 1. The molecule has 3 amide bonds. The second-order valence-electron chi connectivity index (χ2n) is 4.20. The maximum absolute atomic E-state index is 12.2. The predicted octanol–water partition coefficient (Wildman–Crippen LogP) is 2.05. The van der Waals surface area contributed by atoms with Crippen LogP contribution in [-0.4, -0.2) is 34.9 Å². The van der Waals surface area contributed by atoms with Crippen LogP contribution >= 0.6 is 11.6 Å². The molecule has 0 spiro atoms. The number of pyridine rings is 1.